The zero-order valence-electron chi connectivity index (χ0n) is 10.4. The average Bonchev–Trinajstić information content (AvgIpc) is 2.68. The van der Waals surface area contributed by atoms with Gasteiger partial charge >= 0.3 is 0 Å². The highest BCUT2D eigenvalue weighted by atomic mass is 16.1. The van der Waals surface area contributed by atoms with Gasteiger partial charge in [-0.25, -0.2) is 0 Å². The van der Waals surface area contributed by atoms with Crippen LogP contribution in [0.15, 0.2) is 18.2 Å². The number of rotatable bonds is 3. The van der Waals surface area contributed by atoms with E-state index in [1.165, 1.54) is 25.7 Å². The van der Waals surface area contributed by atoms with Gasteiger partial charge in [0.05, 0.1) is 11.3 Å². The fourth-order valence-corrected chi connectivity index (χ4v) is 2.37. The van der Waals surface area contributed by atoms with Gasteiger partial charge in [0.25, 0.3) is 0 Å². The summed E-state index contributed by atoms with van der Waals surface area (Å²) >= 11 is 0. The van der Waals surface area contributed by atoms with Gasteiger partial charge < -0.3 is 10.2 Å². The van der Waals surface area contributed by atoms with Crippen molar-refractivity contribution in [2.75, 3.05) is 23.3 Å². The molecule has 94 valence electrons. The van der Waals surface area contributed by atoms with Crippen molar-refractivity contribution in [1.29, 1.82) is 5.26 Å². The third-order valence-electron chi connectivity index (χ3n) is 3.29. The van der Waals surface area contributed by atoms with Crippen LogP contribution in [-0.4, -0.2) is 19.5 Å². The van der Waals surface area contributed by atoms with Crippen molar-refractivity contribution in [1.82, 2.24) is 0 Å². The Kier molecular flexibility index (Phi) is 4.19. The lowest BCUT2D eigenvalue weighted by Crippen LogP contribution is -2.24. The van der Waals surface area contributed by atoms with Gasteiger partial charge in [-0.15, -0.1) is 0 Å². The quantitative estimate of drug-likeness (QED) is 0.830. The van der Waals surface area contributed by atoms with E-state index in [0.29, 0.717) is 17.7 Å². The van der Waals surface area contributed by atoms with E-state index in [0.717, 1.165) is 18.8 Å². The first kappa shape index (κ1) is 12.4. The Morgan fingerprint density at radius 3 is 2.56 bits per heavy atom. The second kappa shape index (κ2) is 6.06. The summed E-state index contributed by atoms with van der Waals surface area (Å²) in [7, 11) is 0. The van der Waals surface area contributed by atoms with E-state index in [4.69, 9.17) is 0 Å². The van der Waals surface area contributed by atoms with Crippen LogP contribution in [0.25, 0.3) is 0 Å². The summed E-state index contributed by atoms with van der Waals surface area (Å²) in [5.74, 6) is 0. The summed E-state index contributed by atoms with van der Waals surface area (Å²) in [6.45, 7) is 2.02. The largest absolute Gasteiger partial charge is 0.370 e. The maximum Gasteiger partial charge on any atom is 0.211 e. The Bertz CT molecular complexity index is 457. The molecule has 1 aliphatic rings. The number of hydrogen-bond donors (Lipinski definition) is 1. The van der Waals surface area contributed by atoms with E-state index < -0.39 is 0 Å². The van der Waals surface area contributed by atoms with Gasteiger partial charge in [-0.1, -0.05) is 12.8 Å². The van der Waals surface area contributed by atoms with Crippen LogP contribution in [0.5, 0.6) is 0 Å². The fourth-order valence-electron chi connectivity index (χ4n) is 2.37. The standard InChI is InChI=1S/C14H17N3O/c15-10-12-9-13(16-11-18)5-6-14(12)17-7-3-1-2-4-8-17/h5-6,9,11H,1-4,7-8H2,(H,16,18). The summed E-state index contributed by atoms with van der Waals surface area (Å²) in [6.07, 6.45) is 5.52. The zero-order valence-corrected chi connectivity index (χ0v) is 10.4. The van der Waals surface area contributed by atoms with Crippen molar-refractivity contribution >= 4 is 17.8 Å². The van der Waals surface area contributed by atoms with Crippen LogP contribution in [0.1, 0.15) is 31.2 Å². The van der Waals surface area contributed by atoms with Gasteiger partial charge in [0.2, 0.25) is 6.41 Å². The van der Waals surface area contributed by atoms with E-state index in [1.54, 1.807) is 6.07 Å². The Morgan fingerprint density at radius 1 is 1.22 bits per heavy atom. The average molecular weight is 243 g/mol. The first-order valence-corrected chi connectivity index (χ1v) is 6.34. The molecule has 0 aliphatic carbocycles. The first-order chi connectivity index (χ1) is 8.85. The summed E-state index contributed by atoms with van der Waals surface area (Å²) in [5.41, 5.74) is 2.28. The number of carbonyl (C=O) groups is 1. The highest BCUT2D eigenvalue weighted by Crippen LogP contribution is 2.26. The molecule has 4 nitrogen and oxygen atoms in total. The molecule has 0 radical (unpaired) electrons. The normalized spacial score (nSPS) is 15.6. The number of anilines is 2. The summed E-state index contributed by atoms with van der Waals surface area (Å²) in [4.78, 5) is 12.7. The fraction of sp³-hybridized carbons (Fsp3) is 0.429. The van der Waals surface area contributed by atoms with Crippen molar-refractivity contribution in [3.8, 4) is 6.07 Å². The van der Waals surface area contributed by atoms with Gasteiger partial charge in [0.15, 0.2) is 0 Å². The molecule has 1 fully saturated rings. The number of amides is 1. The van der Waals surface area contributed by atoms with E-state index >= 15 is 0 Å². The Balaban J connectivity index is 2.26. The van der Waals surface area contributed by atoms with Crippen molar-refractivity contribution in [3.05, 3.63) is 23.8 Å². The summed E-state index contributed by atoms with van der Waals surface area (Å²) < 4.78 is 0. The Hall–Kier alpha value is -2.02. The maximum absolute atomic E-state index is 10.4. The molecule has 4 heteroatoms. The van der Waals surface area contributed by atoms with Crippen molar-refractivity contribution in [3.63, 3.8) is 0 Å². The van der Waals surface area contributed by atoms with Gasteiger partial charge in [-0.2, -0.15) is 5.26 Å². The van der Waals surface area contributed by atoms with E-state index in [2.05, 4.69) is 16.3 Å². The molecular formula is C14H17N3O. The van der Waals surface area contributed by atoms with Crippen LogP contribution < -0.4 is 10.2 Å². The number of hydrogen-bond acceptors (Lipinski definition) is 3. The molecule has 0 spiro atoms. The smallest absolute Gasteiger partial charge is 0.211 e. The second-order valence-electron chi connectivity index (χ2n) is 4.51. The lowest BCUT2D eigenvalue weighted by atomic mass is 10.1. The maximum atomic E-state index is 10.4. The predicted molar refractivity (Wildman–Crippen MR) is 71.5 cm³/mol. The Labute approximate surface area is 107 Å². The summed E-state index contributed by atoms with van der Waals surface area (Å²) in [5, 5.41) is 11.8. The minimum Gasteiger partial charge on any atom is -0.370 e. The topological polar surface area (TPSA) is 56.1 Å². The second-order valence-corrected chi connectivity index (χ2v) is 4.51. The zero-order chi connectivity index (χ0) is 12.8. The molecule has 1 N–H and O–H groups in total. The van der Waals surface area contributed by atoms with E-state index in [-0.39, 0.29) is 0 Å². The molecule has 0 bridgehead atoms. The third kappa shape index (κ3) is 2.80. The van der Waals surface area contributed by atoms with Crippen LogP contribution in [0, 0.1) is 11.3 Å². The number of benzene rings is 1. The molecule has 0 atom stereocenters. The molecular weight excluding hydrogens is 226 g/mol. The molecule has 1 heterocycles. The molecule has 0 unspecified atom stereocenters. The first-order valence-electron chi connectivity index (χ1n) is 6.34. The van der Waals surface area contributed by atoms with Crippen LogP contribution in [0.2, 0.25) is 0 Å². The monoisotopic (exact) mass is 243 g/mol. The predicted octanol–water partition coefficient (Wildman–Crippen LogP) is 2.51. The third-order valence-corrected chi connectivity index (χ3v) is 3.29. The highest BCUT2D eigenvalue weighted by molar-refractivity contribution is 5.75. The number of nitriles is 1. The van der Waals surface area contributed by atoms with Crippen molar-refractivity contribution < 1.29 is 4.79 Å². The van der Waals surface area contributed by atoms with Gasteiger partial charge in [0, 0.05) is 18.8 Å². The molecule has 2 rings (SSSR count). The molecule has 0 aromatic heterocycles. The van der Waals surface area contributed by atoms with Crippen molar-refractivity contribution in [2.45, 2.75) is 25.7 Å². The van der Waals surface area contributed by atoms with Crippen molar-refractivity contribution in [2.24, 2.45) is 0 Å². The van der Waals surface area contributed by atoms with Gasteiger partial charge in [0.1, 0.15) is 6.07 Å². The lowest BCUT2D eigenvalue weighted by molar-refractivity contribution is -0.105. The van der Waals surface area contributed by atoms with Crippen LogP contribution in [0.4, 0.5) is 11.4 Å². The SMILES string of the molecule is N#Cc1cc(NC=O)ccc1N1CCCCCC1. The van der Waals surface area contributed by atoms with E-state index in [1.807, 2.05) is 12.1 Å². The van der Waals surface area contributed by atoms with Gasteiger partial charge in [-0.3, -0.25) is 4.79 Å². The molecule has 1 saturated heterocycles. The van der Waals surface area contributed by atoms with Gasteiger partial charge in [-0.05, 0) is 31.0 Å². The molecule has 1 aliphatic heterocycles. The molecule has 1 amide bonds. The molecule has 0 saturated carbocycles. The number of nitrogens with zero attached hydrogens (tertiary/aromatic N) is 2. The number of nitrogens with one attached hydrogen (secondary N) is 1. The Morgan fingerprint density at radius 2 is 1.94 bits per heavy atom. The molecule has 1 aromatic carbocycles. The van der Waals surface area contributed by atoms with E-state index in [9.17, 15) is 10.1 Å². The minimum atomic E-state index is 0.627. The molecule has 18 heavy (non-hydrogen) atoms. The lowest BCUT2D eigenvalue weighted by Gasteiger charge is -2.24. The van der Waals surface area contributed by atoms with Crippen LogP contribution in [0.3, 0.4) is 0 Å². The van der Waals surface area contributed by atoms with Crippen LogP contribution in [-0.2, 0) is 4.79 Å². The molecule has 1 aromatic rings. The highest BCUT2D eigenvalue weighted by Gasteiger charge is 2.13. The number of carbonyl (C=O) groups excluding carboxylic acids is 1. The van der Waals surface area contributed by atoms with Crippen LogP contribution >= 0.6 is 0 Å². The minimum absolute atomic E-state index is 0.627. The summed E-state index contributed by atoms with van der Waals surface area (Å²) in [6, 6.07) is 7.71.